The van der Waals surface area contributed by atoms with Gasteiger partial charge in [0.2, 0.25) is 0 Å². The summed E-state index contributed by atoms with van der Waals surface area (Å²) in [6, 6.07) is 4.52. The number of aromatic amines is 1. The zero-order valence-corrected chi connectivity index (χ0v) is 13.4. The fourth-order valence-electron chi connectivity index (χ4n) is 3.00. The molecule has 8 heteroatoms. The normalized spacial score (nSPS) is 16.2. The van der Waals surface area contributed by atoms with Crippen LogP contribution < -0.4 is 9.80 Å². The number of rotatable bonds is 3. The van der Waals surface area contributed by atoms with Gasteiger partial charge in [0.1, 0.15) is 28.7 Å². The third-order valence-electron chi connectivity index (χ3n) is 4.25. The van der Waals surface area contributed by atoms with E-state index in [1.165, 1.54) is 11.3 Å². The van der Waals surface area contributed by atoms with Crippen molar-refractivity contribution in [3.05, 3.63) is 29.7 Å². The molecule has 1 aliphatic heterocycles. The second kappa shape index (κ2) is 7.49. The van der Waals surface area contributed by atoms with Gasteiger partial charge >= 0.3 is 0 Å². The summed E-state index contributed by atoms with van der Waals surface area (Å²) in [4.78, 5) is 21.3. The number of nitrogens with zero attached hydrogens (tertiary/aromatic N) is 6. The van der Waals surface area contributed by atoms with Crippen LogP contribution in [0.2, 0.25) is 0 Å². The second-order valence-electron chi connectivity index (χ2n) is 5.56. The van der Waals surface area contributed by atoms with Crippen molar-refractivity contribution < 1.29 is 0 Å². The first-order chi connectivity index (χ1) is 11.3. The lowest BCUT2D eigenvalue weighted by Crippen LogP contribution is -2.34. The van der Waals surface area contributed by atoms with Gasteiger partial charge in [0.05, 0.1) is 17.6 Å². The average Bonchev–Trinajstić information content (AvgIpc) is 3.32. The average molecular weight is 357 g/mol. The standard InChI is InChI=1S/C15H15N7S.2CH4/c1-21(15-18-7-11(6-16)23-15)10-3-5-22(8-10)14-12-2-4-17-13(12)19-9-20-14;;/h2,4,7,9-10H,3,5,8H2,1H3,(H,17,19,20);2*1H4/t10-;;/m1../s1. The minimum Gasteiger partial charge on any atom is -0.354 e. The van der Waals surface area contributed by atoms with Crippen LogP contribution in [0.3, 0.4) is 0 Å². The lowest BCUT2D eigenvalue weighted by molar-refractivity contribution is 0.690. The molecule has 3 aromatic heterocycles. The van der Waals surface area contributed by atoms with E-state index in [1.807, 2.05) is 19.3 Å². The Morgan fingerprint density at radius 3 is 2.96 bits per heavy atom. The maximum Gasteiger partial charge on any atom is 0.186 e. The molecule has 0 unspecified atom stereocenters. The first-order valence-electron chi connectivity index (χ1n) is 7.38. The number of aromatic nitrogens is 4. The maximum atomic E-state index is 8.95. The van der Waals surface area contributed by atoms with Gasteiger partial charge in [0.15, 0.2) is 5.13 Å². The highest BCUT2D eigenvalue weighted by Gasteiger charge is 2.29. The van der Waals surface area contributed by atoms with Gasteiger partial charge in [-0.2, -0.15) is 5.26 Å². The van der Waals surface area contributed by atoms with Gasteiger partial charge in [-0.25, -0.2) is 15.0 Å². The van der Waals surface area contributed by atoms with E-state index in [0.29, 0.717) is 10.9 Å². The molecule has 0 radical (unpaired) electrons. The van der Waals surface area contributed by atoms with Crippen molar-refractivity contribution in [1.29, 1.82) is 5.26 Å². The summed E-state index contributed by atoms with van der Waals surface area (Å²) in [6.45, 7) is 1.83. The largest absolute Gasteiger partial charge is 0.354 e. The molecule has 0 aliphatic carbocycles. The summed E-state index contributed by atoms with van der Waals surface area (Å²) < 4.78 is 0. The molecule has 25 heavy (non-hydrogen) atoms. The number of anilines is 2. The fourth-order valence-corrected chi connectivity index (χ4v) is 3.74. The molecule has 0 spiro atoms. The highest BCUT2D eigenvalue weighted by molar-refractivity contribution is 7.16. The Morgan fingerprint density at radius 1 is 1.36 bits per heavy atom. The Labute approximate surface area is 152 Å². The van der Waals surface area contributed by atoms with Crippen molar-refractivity contribution in [1.82, 2.24) is 19.9 Å². The Hall–Kier alpha value is -2.66. The summed E-state index contributed by atoms with van der Waals surface area (Å²) in [5, 5.41) is 10.9. The number of H-pyrrole nitrogens is 1. The lowest BCUT2D eigenvalue weighted by atomic mass is 10.2. The van der Waals surface area contributed by atoms with E-state index in [4.69, 9.17) is 5.26 Å². The van der Waals surface area contributed by atoms with E-state index in [9.17, 15) is 0 Å². The molecule has 0 bridgehead atoms. The first-order valence-corrected chi connectivity index (χ1v) is 8.19. The third-order valence-corrected chi connectivity index (χ3v) is 5.24. The first kappa shape index (κ1) is 18.7. The number of nitrogens with one attached hydrogen (secondary N) is 1. The van der Waals surface area contributed by atoms with Gasteiger partial charge in [-0.3, -0.25) is 0 Å². The van der Waals surface area contributed by atoms with Crippen LogP contribution in [0.25, 0.3) is 11.0 Å². The van der Waals surface area contributed by atoms with E-state index in [2.05, 4.69) is 35.8 Å². The fraction of sp³-hybridized carbons (Fsp3) is 0.412. The van der Waals surface area contributed by atoms with Crippen LogP contribution in [0.4, 0.5) is 10.9 Å². The zero-order chi connectivity index (χ0) is 15.8. The minimum atomic E-state index is 0. The van der Waals surface area contributed by atoms with E-state index in [1.54, 1.807) is 12.5 Å². The molecular formula is C17H23N7S. The topological polar surface area (TPSA) is 84.7 Å². The quantitative estimate of drug-likeness (QED) is 0.774. The van der Waals surface area contributed by atoms with Gasteiger partial charge in [-0.1, -0.05) is 26.2 Å². The van der Waals surface area contributed by atoms with E-state index >= 15 is 0 Å². The number of thiazole rings is 1. The molecule has 1 aliphatic rings. The van der Waals surface area contributed by atoms with Crippen molar-refractivity contribution in [3.63, 3.8) is 0 Å². The summed E-state index contributed by atoms with van der Waals surface area (Å²) >= 11 is 1.43. The van der Waals surface area contributed by atoms with Crippen LogP contribution >= 0.6 is 11.3 Å². The van der Waals surface area contributed by atoms with Gasteiger partial charge < -0.3 is 14.8 Å². The number of hydrogen-bond donors (Lipinski definition) is 1. The van der Waals surface area contributed by atoms with Gasteiger partial charge in [0.25, 0.3) is 0 Å². The monoisotopic (exact) mass is 357 g/mol. The molecule has 1 N–H and O–H groups in total. The second-order valence-corrected chi connectivity index (χ2v) is 6.56. The Kier molecular flexibility index (Phi) is 5.59. The van der Waals surface area contributed by atoms with Crippen LogP contribution in [0.15, 0.2) is 24.8 Å². The number of likely N-dealkylation sites (N-methyl/N-ethyl adjacent to an activating group) is 1. The van der Waals surface area contributed by atoms with Crippen LogP contribution in [-0.2, 0) is 0 Å². The van der Waals surface area contributed by atoms with Crippen molar-refractivity contribution in [3.8, 4) is 6.07 Å². The molecule has 0 aromatic carbocycles. The summed E-state index contributed by atoms with van der Waals surface area (Å²) in [5.74, 6) is 0.976. The highest BCUT2D eigenvalue weighted by atomic mass is 32.1. The number of nitriles is 1. The van der Waals surface area contributed by atoms with Crippen molar-refractivity contribution in [2.45, 2.75) is 27.3 Å². The molecule has 7 nitrogen and oxygen atoms in total. The van der Waals surface area contributed by atoms with Crippen molar-refractivity contribution in [2.24, 2.45) is 0 Å². The van der Waals surface area contributed by atoms with Gasteiger partial charge in [-0.15, -0.1) is 0 Å². The van der Waals surface area contributed by atoms with Crippen LogP contribution in [0.5, 0.6) is 0 Å². The molecule has 0 amide bonds. The minimum absolute atomic E-state index is 0. The van der Waals surface area contributed by atoms with E-state index in [0.717, 1.165) is 41.5 Å². The van der Waals surface area contributed by atoms with Crippen molar-refractivity contribution >= 4 is 33.3 Å². The van der Waals surface area contributed by atoms with Gasteiger partial charge in [-0.05, 0) is 12.5 Å². The summed E-state index contributed by atoms with van der Waals surface area (Å²) in [7, 11) is 2.04. The Morgan fingerprint density at radius 2 is 2.20 bits per heavy atom. The maximum absolute atomic E-state index is 8.95. The van der Waals surface area contributed by atoms with E-state index in [-0.39, 0.29) is 14.9 Å². The molecule has 1 saturated heterocycles. The molecule has 4 heterocycles. The smallest absolute Gasteiger partial charge is 0.186 e. The molecule has 1 fully saturated rings. The van der Waals surface area contributed by atoms with Gasteiger partial charge in [0, 0.05) is 26.3 Å². The Balaban J connectivity index is 0.00000113. The molecular weight excluding hydrogens is 334 g/mol. The van der Waals surface area contributed by atoms with Crippen LogP contribution in [0.1, 0.15) is 26.2 Å². The van der Waals surface area contributed by atoms with Crippen LogP contribution in [-0.4, -0.2) is 46.1 Å². The molecule has 4 rings (SSSR count). The Bertz CT molecular complexity index is 878. The third kappa shape index (κ3) is 3.28. The van der Waals surface area contributed by atoms with Crippen LogP contribution in [0, 0.1) is 11.3 Å². The SMILES string of the molecule is C.C.CN(c1ncc(C#N)s1)[C@@H]1CCN(c2ncnc3[nH]ccc23)C1. The number of fused-ring (bicyclic) bond motifs is 1. The van der Waals surface area contributed by atoms with Crippen molar-refractivity contribution in [2.75, 3.05) is 29.9 Å². The summed E-state index contributed by atoms with van der Waals surface area (Å²) in [6.07, 6.45) is 6.16. The predicted molar refractivity (Wildman–Crippen MR) is 103 cm³/mol. The molecule has 132 valence electrons. The lowest BCUT2D eigenvalue weighted by Gasteiger charge is -2.24. The summed E-state index contributed by atoms with van der Waals surface area (Å²) in [5.41, 5.74) is 0.866. The highest BCUT2D eigenvalue weighted by Crippen LogP contribution is 2.29. The predicted octanol–water partition coefficient (Wildman–Crippen LogP) is 3.27. The zero-order valence-electron chi connectivity index (χ0n) is 12.6. The molecule has 0 saturated carbocycles. The molecule has 3 aromatic rings. The molecule has 1 atom stereocenters. The van der Waals surface area contributed by atoms with E-state index < -0.39 is 0 Å². The number of hydrogen-bond acceptors (Lipinski definition) is 7.